The summed E-state index contributed by atoms with van der Waals surface area (Å²) in [6, 6.07) is 22.7. The number of unbranched alkanes of at least 4 members (excludes halogenated alkanes) is 5. The monoisotopic (exact) mass is 770 g/mol. The molecule has 0 aromatic heterocycles. The van der Waals surface area contributed by atoms with E-state index in [0.717, 1.165) is 67.1 Å². The van der Waals surface area contributed by atoms with Gasteiger partial charge in [-0.05, 0) is 143 Å². The van der Waals surface area contributed by atoms with Gasteiger partial charge in [0.1, 0.15) is 6.10 Å². The second-order valence-corrected chi connectivity index (χ2v) is 16.2. The van der Waals surface area contributed by atoms with Crippen LogP contribution in [-0.2, 0) is 14.4 Å². The van der Waals surface area contributed by atoms with Crippen LogP contribution < -0.4 is 0 Å². The number of hydrogen-bond acceptors (Lipinski definition) is 6. The molecular formula is C51H62O6. The quantitative estimate of drug-likeness (QED) is 0.0368. The summed E-state index contributed by atoms with van der Waals surface area (Å²) in [6.45, 7) is 8.30. The molecule has 302 valence electrons. The first-order valence-electron chi connectivity index (χ1n) is 21.4. The van der Waals surface area contributed by atoms with E-state index in [0.29, 0.717) is 42.9 Å². The first-order valence-corrected chi connectivity index (χ1v) is 21.4. The van der Waals surface area contributed by atoms with Crippen molar-refractivity contribution < 1.29 is 29.2 Å². The van der Waals surface area contributed by atoms with Crippen molar-refractivity contribution in [1.29, 1.82) is 0 Å². The minimum absolute atomic E-state index is 0.316. The highest BCUT2D eigenvalue weighted by molar-refractivity contribution is 5.93. The average molecular weight is 771 g/mol. The molecule has 0 bridgehead atoms. The Morgan fingerprint density at radius 1 is 0.737 bits per heavy atom. The van der Waals surface area contributed by atoms with Gasteiger partial charge in [-0.3, -0.25) is 5.26 Å². The number of rotatable bonds is 17. The molecule has 0 aliphatic heterocycles. The number of hydrogen-bond donors (Lipinski definition) is 1. The molecule has 0 amide bonds. The molecule has 0 saturated heterocycles. The van der Waals surface area contributed by atoms with Gasteiger partial charge in [0.05, 0.1) is 17.7 Å². The van der Waals surface area contributed by atoms with E-state index in [4.69, 9.17) is 14.7 Å². The van der Waals surface area contributed by atoms with E-state index < -0.39 is 17.5 Å². The minimum atomic E-state index is -0.885. The Labute approximate surface area is 341 Å². The van der Waals surface area contributed by atoms with Crippen molar-refractivity contribution >= 4 is 11.9 Å². The third kappa shape index (κ3) is 14.1. The summed E-state index contributed by atoms with van der Waals surface area (Å²) >= 11 is 0. The molecule has 2 fully saturated rings. The molecule has 0 radical (unpaired) electrons. The summed E-state index contributed by atoms with van der Waals surface area (Å²) < 4.78 is 11.9. The fourth-order valence-corrected chi connectivity index (χ4v) is 8.31. The molecule has 1 unspecified atom stereocenters. The van der Waals surface area contributed by atoms with E-state index in [1.807, 2.05) is 36.4 Å². The summed E-state index contributed by atoms with van der Waals surface area (Å²) in [5.41, 5.74) is 3.85. The van der Waals surface area contributed by atoms with Crippen LogP contribution in [0.4, 0.5) is 0 Å². The highest BCUT2D eigenvalue weighted by Gasteiger charge is 2.40. The van der Waals surface area contributed by atoms with E-state index in [2.05, 4.69) is 61.1 Å². The topological polar surface area (TPSA) is 82.1 Å². The first kappa shape index (κ1) is 43.5. The second kappa shape index (κ2) is 23.0. The van der Waals surface area contributed by atoms with Crippen LogP contribution >= 0.6 is 0 Å². The predicted octanol–water partition coefficient (Wildman–Crippen LogP) is 12.1. The van der Waals surface area contributed by atoms with Gasteiger partial charge in [0.2, 0.25) is 0 Å². The van der Waals surface area contributed by atoms with E-state index in [9.17, 15) is 9.59 Å². The highest BCUT2D eigenvalue weighted by atomic mass is 17.1. The maximum atomic E-state index is 13.7. The molecule has 3 aromatic rings. The van der Waals surface area contributed by atoms with Crippen LogP contribution in [0.5, 0.6) is 0 Å². The molecular weight excluding hydrogens is 709 g/mol. The number of benzene rings is 3. The Kier molecular flexibility index (Phi) is 17.5. The SMILES string of the molecule is C=CC(CCCCCCOC(=O)c1ccc(C(=O)OC2(C#Cc3ccc(C#Cc4ccc(C)cc4)cc3)CCC(C3CCC(CCCCC)CC3)CC2)cc1)OO. The summed E-state index contributed by atoms with van der Waals surface area (Å²) in [7, 11) is 0. The number of ether oxygens (including phenoxy) is 2. The minimum Gasteiger partial charge on any atom is -0.462 e. The van der Waals surface area contributed by atoms with Crippen molar-refractivity contribution in [2.45, 2.75) is 135 Å². The van der Waals surface area contributed by atoms with Crippen LogP contribution in [0.2, 0.25) is 0 Å². The van der Waals surface area contributed by atoms with E-state index in [-0.39, 0.29) is 6.10 Å². The second-order valence-electron chi connectivity index (χ2n) is 16.2. The van der Waals surface area contributed by atoms with Gasteiger partial charge in [-0.2, -0.15) is 0 Å². The van der Waals surface area contributed by atoms with Gasteiger partial charge < -0.3 is 9.47 Å². The molecule has 2 aliphatic rings. The first-order chi connectivity index (χ1) is 27.8. The lowest BCUT2D eigenvalue weighted by Gasteiger charge is -2.41. The van der Waals surface area contributed by atoms with Crippen molar-refractivity contribution in [3.8, 4) is 23.7 Å². The lowest BCUT2D eigenvalue weighted by molar-refractivity contribution is -0.267. The predicted molar refractivity (Wildman–Crippen MR) is 228 cm³/mol. The maximum Gasteiger partial charge on any atom is 0.339 e. The van der Waals surface area contributed by atoms with E-state index in [1.54, 1.807) is 30.3 Å². The molecule has 1 atom stereocenters. The summed E-state index contributed by atoms with van der Waals surface area (Å²) in [5, 5.41) is 8.79. The number of carbonyl (C=O) groups is 2. The van der Waals surface area contributed by atoms with Crippen LogP contribution in [0.1, 0.15) is 159 Å². The lowest BCUT2D eigenvalue weighted by atomic mass is 9.67. The van der Waals surface area contributed by atoms with Gasteiger partial charge in [0, 0.05) is 16.7 Å². The molecule has 2 aliphatic carbocycles. The molecule has 1 N–H and O–H groups in total. The van der Waals surface area contributed by atoms with Crippen LogP contribution in [-0.4, -0.2) is 35.5 Å². The van der Waals surface area contributed by atoms with Gasteiger partial charge in [0.15, 0.2) is 5.60 Å². The molecule has 0 heterocycles. The van der Waals surface area contributed by atoms with E-state index >= 15 is 0 Å². The normalized spacial score (nSPS) is 20.9. The van der Waals surface area contributed by atoms with Crippen molar-refractivity contribution in [1.82, 2.24) is 0 Å². The zero-order valence-corrected chi connectivity index (χ0v) is 34.2. The maximum absolute atomic E-state index is 13.7. The van der Waals surface area contributed by atoms with Crippen LogP contribution in [0.25, 0.3) is 0 Å². The molecule has 2 saturated carbocycles. The molecule has 57 heavy (non-hydrogen) atoms. The Hall–Kier alpha value is -4.62. The zero-order chi connectivity index (χ0) is 40.3. The standard InChI is InChI=1S/C51H62O6/c1-4-6-9-12-40-24-26-44(27-25-40)45-33-36-51(37-34-45,35-32-43-22-20-42(21-23-43)19-18-41-16-14-39(3)15-17-41)56-50(53)47-30-28-46(29-31-47)49(52)55-38-11-8-7-10-13-48(5-2)57-54/h5,14-17,20-23,28-31,40,44-45,48,54H,2,4,6-13,24-27,33-34,36-38H2,1,3H3. The fourth-order valence-electron chi connectivity index (χ4n) is 8.31. The summed E-state index contributed by atoms with van der Waals surface area (Å²) in [6.07, 6.45) is 19.5. The van der Waals surface area contributed by atoms with Gasteiger partial charge in [-0.1, -0.05) is 106 Å². The molecule has 3 aromatic carbocycles. The Bertz CT molecular complexity index is 1820. The number of carbonyl (C=O) groups excluding carboxylic acids is 2. The van der Waals surface area contributed by atoms with Crippen molar-refractivity contribution in [2.24, 2.45) is 17.8 Å². The molecule has 6 nitrogen and oxygen atoms in total. The molecule has 6 heteroatoms. The largest absolute Gasteiger partial charge is 0.462 e. The van der Waals surface area contributed by atoms with Gasteiger partial charge in [-0.15, -0.1) is 6.58 Å². The van der Waals surface area contributed by atoms with Crippen LogP contribution in [0.3, 0.4) is 0 Å². The summed E-state index contributed by atoms with van der Waals surface area (Å²) in [4.78, 5) is 30.8. The average Bonchev–Trinajstić information content (AvgIpc) is 3.25. The van der Waals surface area contributed by atoms with Gasteiger partial charge in [0.25, 0.3) is 0 Å². The van der Waals surface area contributed by atoms with Crippen molar-refractivity contribution in [2.75, 3.05) is 6.61 Å². The Balaban J connectivity index is 1.19. The smallest absolute Gasteiger partial charge is 0.339 e. The number of esters is 2. The molecule has 0 spiro atoms. The Morgan fingerprint density at radius 3 is 1.89 bits per heavy atom. The molecule has 5 rings (SSSR count). The Morgan fingerprint density at radius 2 is 1.30 bits per heavy atom. The summed E-state index contributed by atoms with van der Waals surface area (Å²) in [5.74, 6) is 14.7. The van der Waals surface area contributed by atoms with Gasteiger partial charge in [-0.25, -0.2) is 14.5 Å². The zero-order valence-electron chi connectivity index (χ0n) is 34.2. The van der Waals surface area contributed by atoms with E-state index in [1.165, 1.54) is 56.9 Å². The van der Waals surface area contributed by atoms with Crippen molar-refractivity contribution in [3.05, 3.63) is 119 Å². The fraction of sp³-hybridized carbons (Fsp3) is 0.490. The third-order valence-electron chi connectivity index (χ3n) is 12.0. The highest BCUT2D eigenvalue weighted by Crippen LogP contribution is 2.44. The van der Waals surface area contributed by atoms with Crippen molar-refractivity contribution in [3.63, 3.8) is 0 Å². The van der Waals surface area contributed by atoms with Crippen LogP contribution in [0, 0.1) is 48.4 Å². The number of aryl methyl sites for hydroxylation is 1. The van der Waals surface area contributed by atoms with Crippen LogP contribution in [0.15, 0.2) is 85.5 Å². The lowest BCUT2D eigenvalue weighted by Crippen LogP contribution is -2.39. The third-order valence-corrected chi connectivity index (χ3v) is 12.0. The van der Waals surface area contributed by atoms with Gasteiger partial charge >= 0.3 is 11.9 Å².